The van der Waals surface area contributed by atoms with E-state index < -0.39 is 110 Å². The molecule has 0 rings (SSSR count). The Labute approximate surface area is 470 Å². The first kappa shape index (κ1) is 129. The summed E-state index contributed by atoms with van der Waals surface area (Å²) in [5.41, 5.74) is 0. The number of hydrogen-bond acceptors (Lipinski definition) is 49. The molecule has 49 nitrogen and oxygen atoms in total. The second-order valence-electron chi connectivity index (χ2n) is 6.83. The van der Waals surface area contributed by atoms with Gasteiger partial charge in [-0.25, -0.2) is 0 Å². The van der Waals surface area contributed by atoms with Crippen LogP contribution in [0.5, 0.6) is 0 Å². The van der Waals surface area contributed by atoms with Crippen molar-refractivity contribution in [2.75, 3.05) is 0 Å². The third-order valence-corrected chi connectivity index (χ3v) is 12.6. The van der Waals surface area contributed by atoms with Gasteiger partial charge in [-0.3, -0.25) is 0 Å². The molecular weight excluding hydrogens is 1690 g/mol. The molecule has 0 amide bonds. The van der Waals surface area contributed by atoms with E-state index in [-0.39, 0.29) is 132 Å². The van der Waals surface area contributed by atoms with Gasteiger partial charge in [0.05, 0.1) is 110 Å². The molecule has 0 aromatic heterocycles. The van der Waals surface area contributed by atoms with Crippen LogP contribution in [0, 0.1) is 0 Å². The van der Waals surface area contributed by atoms with Crippen molar-refractivity contribution in [2.24, 2.45) is 0 Å². The zero-order chi connectivity index (χ0) is 53.9. The van der Waals surface area contributed by atoms with E-state index in [9.17, 15) is 201 Å². The summed E-state index contributed by atoms with van der Waals surface area (Å²) >= 11 is 0. The van der Waals surface area contributed by atoms with Crippen LogP contribution in [0.4, 0.5) is 0 Å². The molecule has 67 heteroatoms. The molecule has 0 radical (unpaired) electrons. The summed E-state index contributed by atoms with van der Waals surface area (Å²) in [5, 5.41) is 0. The molecule has 74 heavy (non-hydrogen) atoms. The van der Waals surface area contributed by atoms with E-state index in [0.29, 0.717) is 0 Å². The van der Waals surface area contributed by atoms with Gasteiger partial charge in [0.25, 0.3) is 0 Å². The molecule has 0 aliphatic carbocycles. The van der Waals surface area contributed by atoms with Crippen molar-refractivity contribution in [2.45, 2.75) is 52.0 Å². The van der Waals surface area contributed by atoms with Gasteiger partial charge in [0.15, 0.2) is 0 Å². The number of hydrogen-bond donors (Lipinski definition) is 0. The summed E-state index contributed by atoms with van der Waals surface area (Å²) in [6.45, 7) is 0. The molecule has 0 aliphatic heterocycles. The number of rotatable bonds is 14. The van der Waals surface area contributed by atoms with E-state index in [1.165, 1.54) is 0 Å². The standard InChI is InChI=1S/7CH4.7H4O7P2.4Tc/c;;;;;;;7*1-8(2,3)7-9(4,5)6;;;;/h7*1H4;7*(H2,1,2,3)(H2,4,5,6);;;;/q;;;;;;;;;;;;;;4*+7/p-28. The van der Waals surface area contributed by atoms with Crippen LogP contribution >= 0.6 is 110 Å². The maximum atomic E-state index is 9.32. The Kier molecular flexibility index (Phi) is 86.4. The van der Waals surface area contributed by atoms with Crippen molar-refractivity contribution in [3.63, 3.8) is 0 Å². The SMILES string of the molecule is C.C.C.C.C.C.C.O=P([O-])([O-])OP(=O)([O-])[O-].O=P([O-])([O-])OP(=O)([O-])[O-].O=P([O-])([O-])OP(=O)([O-])[O-].O=P([O-])([O-])OP(=O)([O-])[O-].O=P([O-])([O-])OP(=O)([O-])[O-].O=P([O-])([O-])OP(=O)([O-])[O-].O=P([O-])([O-])OP(=O)([O-])[O-].[Tc+7].[Tc+7].[Tc+7].[Tc+7]. The minimum atomic E-state index is -5.68. The molecule has 448 valence electrons. The summed E-state index contributed by atoms with van der Waals surface area (Å²) in [7, 11) is -79.5. The minimum absolute atomic E-state index is 0. The smallest absolute Gasteiger partial charge is 0.790 e. The van der Waals surface area contributed by atoms with E-state index in [2.05, 4.69) is 30.2 Å². The Morgan fingerprint density at radius 3 is 0.162 bits per heavy atom. The van der Waals surface area contributed by atoms with E-state index in [1.54, 1.807) is 0 Å². The van der Waals surface area contributed by atoms with Gasteiger partial charge in [-0.15, -0.1) is 0 Å². The number of phosphoric acid groups is 14. The first-order valence-corrected chi connectivity index (χ1v) is 30.7. The molecule has 0 bridgehead atoms. The molecule has 0 saturated heterocycles. The van der Waals surface area contributed by atoms with Crippen molar-refractivity contribution < 1.29 is 312 Å². The molecule has 0 aromatic carbocycles. The second kappa shape index (κ2) is 49.7. The summed E-state index contributed by atoms with van der Waals surface area (Å²) in [6, 6.07) is 0. The van der Waals surface area contributed by atoms with Crippen molar-refractivity contribution in [3.05, 3.63) is 0 Å². The van der Waals surface area contributed by atoms with E-state index in [0.717, 1.165) is 0 Å². The van der Waals surface area contributed by atoms with Crippen LogP contribution in [0.25, 0.3) is 0 Å². The van der Waals surface area contributed by atoms with Crippen LogP contribution in [0.3, 0.4) is 0 Å². The Balaban J connectivity index is -0.0000000302. The van der Waals surface area contributed by atoms with Gasteiger partial charge in [-0.1, -0.05) is 52.0 Å². The first-order valence-electron chi connectivity index (χ1n) is 10.2. The largest absolute Gasteiger partial charge is 7.00 e. The second-order valence-corrected chi connectivity index (χ2v) is 23.9. The fourth-order valence-electron chi connectivity index (χ4n) is 0.857. The fraction of sp³-hybridized carbons (Fsp3) is 1.00. The van der Waals surface area contributed by atoms with E-state index in [4.69, 9.17) is 0 Å². The van der Waals surface area contributed by atoms with E-state index in [1.807, 2.05) is 0 Å². The van der Waals surface area contributed by atoms with Crippen LogP contribution < -0.4 is 137 Å². The zero-order valence-electron chi connectivity index (χ0n) is 27.8. The zero-order valence-corrected chi connectivity index (χ0v) is 47.7. The summed E-state index contributed by atoms with van der Waals surface area (Å²) in [5.74, 6) is 0. The third-order valence-electron chi connectivity index (χ3n) is 1.40. The molecule has 0 aromatic rings. The molecule has 0 aliphatic rings. The monoisotopic (exact) mass is 1720 g/mol. The van der Waals surface area contributed by atoms with Gasteiger partial charge < -0.3 is 231 Å². The average molecular weight is 1720 g/mol. The Morgan fingerprint density at radius 1 is 0.135 bits per heavy atom. The average Bonchev–Trinajstić information content (AvgIpc) is 2.62. The molecule has 0 unspecified atom stereocenters. The van der Waals surface area contributed by atoms with Crippen molar-refractivity contribution in [1.82, 2.24) is 0 Å². The summed E-state index contributed by atoms with van der Waals surface area (Å²) in [4.78, 5) is 261. The van der Waals surface area contributed by atoms with Gasteiger partial charge in [0, 0.05) is 0 Å². The van der Waals surface area contributed by atoms with E-state index >= 15 is 0 Å². The van der Waals surface area contributed by atoms with Gasteiger partial charge in [0.2, 0.25) is 0 Å². The quantitative estimate of drug-likeness (QED) is 0.146. The molecule has 0 fully saturated rings. The van der Waals surface area contributed by atoms with Crippen molar-refractivity contribution in [1.29, 1.82) is 0 Å². The Bertz CT molecular complexity index is 1500. The van der Waals surface area contributed by atoms with Crippen molar-refractivity contribution in [3.8, 4) is 0 Å². The van der Waals surface area contributed by atoms with Crippen LogP contribution in [0.1, 0.15) is 52.0 Å². The molecule has 0 N–H and O–H groups in total. The molecule has 0 atom stereocenters. The molecule has 0 saturated carbocycles. The summed E-state index contributed by atoms with van der Waals surface area (Å²) < 4.78 is 148. The normalized spacial score (nSPS) is 11.7. The van der Waals surface area contributed by atoms with Gasteiger partial charge in [-0.2, -0.15) is 0 Å². The Morgan fingerprint density at radius 2 is 0.162 bits per heavy atom. The summed E-state index contributed by atoms with van der Waals surface area (Å²) in [6.07, 6.45) is 0. The van der Waals surface area contributed by atoms with Crippen LogP contribution in [-0.2, 0) is 175 Å². The maximum Gasteiger partial charge on any atom is 7.00 e. The topological polar surface area (TPSA) is 949 Å². The molecular formula is C7H28O49P14Tc4. The van der Waals surface area contributed by atoms with Crippen LogP contribution in [0.2, 0.25) is 0 Å². The molecule has 0 heterocycles. The van der Waals surface area contributed by atoms with Crippen LogP contribution in [0.15, 0.2) is 0 Å². The third kappa shape index (κ3) is 202. The predicted octanol–water partition coefficient (Wildman–Crippen LogP) is -18.9. The molecule has 0 spiro atoms. The maximum absolute atomic E-state index is 9.32. The van der Waals surface area contributed by atoms with Crippen LogP contribution in [-0.4, -0.2) is 0 Å². The van der Waals surface area contributed by atoms with Gasteiger partial charge >= 0.3 is 80.4 Å². The first-order chi connectivity index (χ1) is 25.9. The van der Waals surface area contributed by atoms with Crippen molar-refractivity contribution >= 4 is 110 Å². The van der Waals surface area contributed by atoms with Gasteiger partial charge in [-0.05, 0) is 0 Å². The Hall–Kier alpha value is 4.42. The predicted molar refractivity (Wildman–Crippen MR) is 161 cm³/mol. The fourth-order valence-corrected chi connectivity index (χ4v) is 7.72. The minimum Gasteiger partial charge on any atom is -0.790 e. The van der Waals surface area contributed by atoms with Gasteiger partial charge in [0.1, 0.15) is 0 Å².